The zero-order chi connectivity index (χ0) is 24.7. The summed E-state index contributed by atoms with van der Waals surface area (Å²) in [6.45, 7) is 2.53. The lowest BCUT2D eigenvalue weighted by Gasteiger charge is -2.24. The van der Waals surface area contributed by atoms with Crippen LogP contribution in [0.15, 0.2) is 45.2 Å². The number of nitrogens with zero attached hydrogens (tertiary/aromatic N) is 3. The van der Waals surface area contributed by atoms with Crippen molar-refractivity contribution in [2.24, 2.45) is 0 Å². The van der Waals surface area contributed by atoms with E-state index in [4.69, 9.17) is 10.5 Å². The third-order valence-electron chi connectivity index (χ3n) is 5.08. The number of aromatic amines is 2. The molecular formula is C22H27FN6O4S. The quantitative estimate of drug-likeness (QED) is 0.350. The minimum atomic E-state index is -0.735. The van der Waals surface area contributed by atoms with Crippen LogP contribution in [0.2, 0.25) is 0 Å². The molecule has 1 amide bonds. The van der Waals surface area contributed by atoms with Crippen LogP contribution in [-0.2, 0) is 16.1 Å². The third-order valence-corrected chi connectivity index (χ3v) is 5.95. The molecule has 0 unspecified atom stereocenters. The van der Waals surface area contributed by atoms with Crippen molar-refractivity contribution in [1.82, 2.24) is 19.5 Å². The van der Waals surface area contributed by atoms with Crippen LogP contribution in [0, 0.1) is 5.82 Å². The molecule has 0 bridgehead atoms. The highest BCUT2D eigenvalue weighted by atomic mass is 32.2. The van der Waals surface area contributed by atoms with Crippen molar-refractivity contribution in [2.45, 2.75) is 31.5 Å². The van der Waals surface area contributed by atoms with E-state index >= 15 is 0 Å². The molecule has 182 valence electrons. The highest BCUT2D eigenvalue weighted by Crippen LogP contribution is 2.23. The lowest BCUT2D eigenvalue weighted by atomic mass is 10.2. The lowest BCUT2D eigenvalue weighted by Crippen LogP contribution is -2.43. The first-order valence-corrected chi connectivity index (χ1v) is 11.7. The number of ether oxygens (including phenoxy) is 1. The van der Waals surface area contributed by atoms with Crippen molar-refractivity contribution in [3.8, 4) is 11.3 Å². The van der Waals surface area contributed by atoms with Gasteiger partial charge in [-0.3, -0.25) is 19.1 Å². The van der Waals surface area contributed by atoms with E-state index in [1.54, 1.807) is 18.3 Å². The summed E-state index contributed by atoms with van der Waals surface area (Å²) in [6, 6.07) is 5.94. The predicted octanol–water partition coefficient (Wildman–Crippen LogP) is 2.22. The number of unbranched alkanes of at least 4 members (excludes halogenated alkanes) is 1. The van der Waals surface area contributed by atoms with Crippen LogP contribution in [0.4, 0.5) is 15.9 Å². The summed E-state index contributed by atoms with van der Waals surface area (Å²) in [4.78, 5) is 48.8. The number of hydrogen-bond acceptors (Lipinski definition) is 7. The number of anilines is 2. The maximum absolute atomic E-state index is 13.2. The molecule has 0 aliphatic heterocycles. The Hall–Kier alpha value is -3.38. The molecule has 3 rings (SSSR count). The number of carbonyl (C=O) groups excluding carboxylic acids is 1. The number of nitrogens with one attached hydrogen (secondary N) is 2. The highest BCUT2D eigenvalue weighted by molar-refractivity contribution is 7.99. The maximum Gasteiger partial charge on any atom is 0.330 e. The van der Waals surface area contributed by atoms with Gasteiger partial charge in [-0.25, -0.2) is 14.2 Å². The molecule has 2 heterocycles. The fourth-order valence-electron chi connectivity index (χ4n) is 3.28. The van der Waals surface area contributed by atoms with E-state index in [0.717, 1.165) is 23.7 Å². The fourth-order valence-corrected chi connectivity index (χ4v) is 4.01. The molecule has 12 heteroatoms. The number of amides is 1. The van der Waals surface area contributed by atoms with Gasteiger partial charge in [0.1, 0.15) is 11.6 Å². The van der Waals surface area contributed by atoms with Gasteiger partial charge in [0, 0.05) is 20.2 Å². The summed E-state index contributed by atoms with van der Waals surface area (Å²) >= 11 is 1.14. The minimum Gasteiger partial charge on any atom is -0.383 e. The van der Waals surface area contributed by atoms with E-state index in [-0.39, 0.29) is 36.2 Å². The first-order chi connectivity index (χ1) is 16.3. The second-order valence-electron chi connectivity index (χ2n) is 7.43. The number of hydrogen-bond donors (Lipinski definition) is 3. The van der Waals surface area contributed by atoms with Gasteiger partial charge in [-0.05, 0) is 36.2 Å². The normalized spacial score (nSPS) is 11.0. The van der Waals surface area contributed by atoms with E-state index in [1.165, 1.54) is 28.7 Å². The van der Waals surface area contributed by atoms with Gasteiger partial charge in [-0.1, -0.05) is 25.1 Å². The Labute approximate surface area is 199 Å². The van der Waals surface area contributed by atoms with Crippen LogP contribution in [-0.4, -0.2) is 51.4 Å². The van der Waals surface area contributed by atoms with Gasteiger partial charge >= 0.3 is 5.69 Å². The summed E-state index contributed by atoms with van der Waals surface area (Å²) < 4.78 is 19.5. The van der Waals surface area contributed by atoms with Crippen molar-refractivity contribution < 1.29 is 13.9 Å². The Morgan fingerprint density at radius 3 is 2.68 bits per heavy atom. The zero-order valence-electron chi connectivity index (χ0n) is 19.0. The first-order valence-electron chi connectivity index (χ1n) is 10.7. The van der Waals surface area contributed by atoms with Crippen LogP contribution < -0.4 is 21.9 Å². The van der Waals surface area contributed by atoms with Crippen LogP contribution in [0.1, 0.15) is 19.8 Å². The third kappa shape index (κ3) is 5.94. The number of benzene rings is 1. The van der Waals surface area contributed by atoms with Gasteiger partial charge in [-0.2, -0.15) is 0 Å². The molecule has 3 aromatic rings. The van der Waals surface area contributed by atoms with Gasteiger partial charge < -0.3 is 20.4 Å². The standard InChI is InChI=1S/C22H27FN6O4S/c1-3-4-9-29-19(24)18(20(31)27-22(29)32)28(10-11-33-2)17(30)13-34-21-25-12-16(26-21)14-5-7-15(23)8-6-14/h5-8,12H,3-4,9-11,13,24H2,1-2H3,(H,25,26)(H,27,31,32). The average Bonchev–Trinajstić information content (AvgIpc) is 3.29. The number of halogens is 1. The molecule has 0 atom stereocenters. The Morgan fingerprint density at radius 2 is 2.00 bits per heavy atom. The van der Waals surface area contributed by atoms with E-state index in [9.17, 15) is 18.8 Å². The number of rotatable bonds is 11. The molecule has 0 saturated heterocycles. The number of methoxy groups -OCH3 is 1. The van der Waals surface area contributed by atoms with E-state index in [1.807, 2.05) is 6.92 Å². The number of carbonyl (C=O) groups is 1. The molecule has 10 nitrogen and oxygen atoms in total. The molecule has 0 spiro atoms. The van der Waals surface area contributed by atoms with Crippen LogP contribution in [0.25, 0.3) is 11.3 Å². The minimum absolute atomic E-state index is 0.0486. The van der Waals surface area contributed by atoms with Gasteiger partial charge in [0.2, 0.25) is 5.91 Å². The molecule has 4 N–H and O–H groups in total. The van der Waals surface area contributed by atoms with Crippen molar-refractivity contribution in [3.63, 3.8) is 0 Å². The van der Waals surface area contributed by atoms with E-state index in [2.05, 4.69) is 15.0 Å². The van der Waals surface area contributed by atoms with Crippen molar-refractivity contribution in [3.05, 3.63) is 57.1 Å². The highest BCUT2D eigenvalue weighted by Gasteiger charge is 2.24. The van der Waals surface area contributed by atoms with E-state index < -0.39 is 17.2 Å². The lowest BCUT2D eigenvalue weighted by molar-refractivity contribution is -0.116. The Balaban J connectivity index is 1.81. The molecule has 0 fully saturated rings. The van der Waals surface area contributed by atoms with Crippen molar-refractivity contribution in [1.29, 1.82) is 0 Å². The Bertz CT molecular complexity index is 1240. The number of nitrogens with two attached hydrogens (primary N) is 1. The molecule has 0 saturated carbocycles. The topological polar surface area (TPSA) is 139 Å². The average molecular weight is 491 g/mol. The van der Waals surface area contributed by atoms with Gasteiger partial charge in [0.25, 0.3) is 5.56 Å². The smallest absolute Gasteiger partial charge is 0.330 e. The van der Waals surface area contributed by atoms with Crippen LogP contribution >= 0.6 is 11.8 Å². The molecule has 2 aromatic heterocycles. The van der Waals surface area contributed by atoms with Crippen LogP contribution in [0.3, 0.4) is 0 Å². The Morgan fingerprint density at radius 1 is 1.26 bits per heavy atom. The number of H-pyrrole nitrogens is 2. The van der Waals surface area contributed by atoms with Gasteiger partial charge in [0.05, 0.1) is 24.3 Å². The summed E-state index contributed by atoms with van der Waals surface area (Å²) in [6.07, 6.45) is 3.10. The SMILES string of the molecule is CCCCn1c(N)c(N(CCOC)C(=O)CSc2ncc(-c3ccc(F)cc3)[nH]2)c(=O)[nH]c1=O. The van der Waals surface area contributed by atoms with E-state index in [0.29, 0.717) is 23.8 Å². The Kier molecular flexibility index (Phi) is 8.66. The molecule has 0 aliphatic rings. The summed E-state index contributed by atoms with van der Waals surface area (Å²) in [5.41, 5.74) is 6.18. The molecule has 0 aliphatic carbocycles. The summed E-state index contributed by atoms with van der Waals surface area (Å²) in [7, 11) is 1.48. The molecule has 34 heavy (non-hydrogen) atoms. The van der Waals surface area contributed by atoms with Crippen molar-refractivity contribution >= 4 is 29.2 Å². The monoisotopic (exact) mass is 490 g/mol. The molecule has 0 radical (unpaired) electrons. The maximum atomic E-state index is 13.2. The number of aromatic nitrogens is 4. The fraction of sp³-hybridized carbons (Fsp3) is 0.364. The largest absolute Gasteiger partial charge is 0.383 e. The number of nitrogen functional groups attached to an aromatic ring is 1. The second kappa shape index (κ2) is 11.7. The number of thioether (sulfide) groups is 1. The second-order valence-corrected chi connectivity index (χ2v) is 8.40. The molecular weight excluding hydrogens is 463 g/mol. The number of imidazole rings is 1. The zero-order valence-corrected chi connectivity index (χ0v) is 19.8. The van der Waals surface area contributed by atoms with Crippen molar-refractivity contribution in [2.75, 3.05) is 36.6 Å². The first kappa shape index (κ1) is 25.2. The summed E-state index contributed by atoms with van der Waals surface area (Å²) in [5, 5.41) is 0.481. The molecule has 1 aromatic carbocycles. The predicted molar refractivity (Wildman–Crippen MR) is 130 cm³/mol. The van der Waals surface area contributed by atoms with Crippen LogP contribution in [0.5, 0.6) is 0 Å². The summed E-state index contributed by atoms with van der Waals surface area (Å²) in [5.74, 6) is -0.852. The van der Waals surface area contributed by atoms with Gasteiger partial charge in [0.15, 0.2) is 10.8 Å². The van der Waals surface area contributed by atoms with Gasteiger partial charge in [-0.15, -0.1) is 0 Å².